The maximum Gasteiger partial charge on any atom is 0.269 e. The fraction of sp³-hybridized carbons (Fsp3) is 0.147. The molecule has 0 unspecified atom stereocenters. The van der Waals surface area contributed by atoms with Gasteiger partial charge < -0.3 is 10.6 Å². The zero-order valence-electron chi connectivity index (χ0n) is 23.3. The first kappa shape index (κ1) is 27.7. The van der Waals surface area contributed by atoms with E-state index in [1.54, 1.807) is 42.5 Å². The van der Waals surface area contributed by atoms with E-state index in [4.69, 9.17) is 0 Å². The van der Waals surface area contributed by atoms with Crippen LogP contribution in [0.1, 0.15) is 37.4 Å². The monoisotopic (exact) mass is 571 g/mol. The number of nitrogens with one attached hydrogen (secondary N) is 2. The Hall–Kier alpha value is -5.41. The van der Waals surface area contributed by atoms with Crippen molar-refractivity contribution in [2.45, 2.75) is 19.4 Å². The van der Waals surface area contributed by atoms with Gasteiger partial charge in [0.2, 0.25) is 0 Å². The lowest BCUT2D eigenvalue weighted by molar-refractivity contribution is -0.385. The van der Waals surface area contributed by atoms with Crippen molar-refractivity contribution in [1.29, 1.82) is 0 Å². The zero-order valence-corrected chi connectivity index (χ0v) is 23.3. The van der Waals surface area contributed by atoms with Gasteiger partial charge in [-0.15, -0.1) is 0 Å². The first-order valence-electron chi connectivity index (χ1n) is 14.1. The number of para-hydroxylation sites is 2. The predicted octanol–water partition coefficient (Wildman–Crippen LogP) is 6.25. The lowest BCUT2D eigenvalue weighted by Crippen LogP contribution is -2.32. The van der Waals surface area contributed by atoms with Gasteiger partial charge in [-0.25, -0.2) is 0 Å². The molecule has 1 aromatic heterocycles. The summed E-state index contributed by atoms with van der Waals surface area (Å²) in [5, 5.41) is 17.8. The van der Waals surface area contributed by atoms with Crippen LogP contribution in [0.25, 0.3) is 10.9 Å². The number of nitro groups is 1. The van der Waals surface area contributed by atoms with Crippen LogP contribution in [-0.2, 0) is 19.4 Å². The lowest BCUT2D eigenvalue weighted by atomic mass is 9.98. The van der Waals surface area contributed by atoms with E-state index >= 15 is 0 Å². The second-order valence-corrected chi connectivity index (χ2v) is 10.6. The minimum Gasteiger partial charge on any atom is -0.322 e. The molecule has 0 bridgehead atoms. The normalized spacial score (nSPS) is 12.8. The van der Waals surface area contributed by atoms with Gasteiger partial charge in [-0.05, 0) is 65.9 Å². The molecule has 0 radical (unpaired) electrons. The van der Waals surface area contributed by atoms with Crippen LogP contribution in [0.4, 0.5) is 17.1 Å². The fourth-order valence-electron chi connectivity index (χ4n) is 5.33. The van der Waals surface area contributed by atoms with E-state index in [0.29, 0.717) is 29.0 Å². The molecule has 2 amide bonds. The molecule has 1 aliphatic heterocycles. The highest BCUT2D eigenvalue weighted by molar-refractivity contribution is 6.13. The first-order valence-corrected chi connectivity index (χ1v) is 14.1. The number of amides is 2. The molecule has 5 aromatic rings. The number of nitro benzene ring substituents is 1. The summed E-state index contributed by atoms with van der Waals surface area (Å²) in [6.45, 7) is 2.43. The second kappa shape index (κ2) is 12.2. The maximum atomic E-state index is 13.2. The highest BCUT2D eigenvalue weighted by atomic mass is 16.6. The number of non-ortho nitro benzene ring substituents is 1. The Morgan fingerprint density at radius 1 is 0.860 bits per heavy atom. The Bertz CT molecular complexity index is 1840. The molecule has 9 nitrogen and oxygen atoms in total. The summed E-state index contributed by atoms with van der Waals surface area (Å²) in [6, 6.07) is 29.1. The van der Waals surface area contributed by atoms with E-state index in [2.05, 4.69) is 20.5 Å². The van der Waals surface area contributed by atoms with Crippen LogP contribution in [0.3, 0.4) is 0 Å². The van der Waals surface area contributed by atoms with Crippen molar-refractivity contribution in [2.75, 3.05) is 23.7 Å². The summed E-state index contributed by atoms with van der Waals surface area (Å²) in [6.07, 6.45) is 3.22. The van der Waals surface area contributed by atoms with Gasteiger partial charge in [0.1, 0.15) is 0 Å². The lowest BCUT2D eigenvalue weighted by Gasteiger charge is -2.28. The van der Waals surface area contributed by atoms with Gasteiger partial charge in [0, 0.05) is 49.0 Å². The van der Waals surface area contributed by atoms with E-state index in [0.717, 1.165) is 48.0 Å². The number of rotatable bonds is 8. The fourth-order valence-corrected chi connectivity index (χ4v) is 5.33. The quantitative estimate of drug-likeness (QED) is 0.168. The van der Waals surface area contributed by atoms with Crippen molar-refractivity contribution in [3.63, 3.8) is 0 Å². The molecule has 0 saturated heterocycles. The molecule has 9 heteroatoms. The van der Waals surface area contributed by atoms with Crippen molar-refractivity contribution in [3.8, 4) is 0 Å². The Balaban J connectivity index is 1.06. The SMILES string of the molecule is O=C(Nc1ccccc1C(=O)Nc1ccc(CCN2CCc3ccc([N+](=O)[O-])cc3C2)cc1)c1cnc2ccccc2c1. The minimum atomic E-state index is -0.349. The molecule has 2 heterocycles. The molecular weight excluding hydrogens is 542 g/mol. The Labute approximate surface area is 248 Å². The van der Waals surface area contributed by atoms with Crippen LogP contribution in [-0.4, -0.2) is 39.7 Å². The minimum absolute atomic E-state index is 0.130. The van der Waals surface area contributed by atoms with Gasteiger partial charge in [-0.3, -0.25) is 29.6 Å². The van der Waals surface area contributed by atoms with Crippen LogP contribution in [0, 0.1) is 10.1 Å². The van der Waals surface area contributed by atoms with Gasteiger partial charge >= 0.3 is 0 Å². The van der Waals surface area contributed by atoms with Crippen LogP contribution in [0.2, 0.25) is 0 Å². The molecule has 0 saturated carbocycles. The molecule has 0 fully saturated rings. The largest absolute Gasteiger partial charge is 0.322 e. The van der Waals surface area contributed by atoms with E-state index in [9.17, 15) is 19.7 Å². The van der Waals surface area contributed by atoms with Gasteiger partial charge in [0.05, 0.1) is 27.3 Å². The molecule has 4 aromatic carbocycles. The smallest absolute Gasteiger partial charge is 0.269 e. The van der Waals surface area contributed by atoms with E-state index in [1.807, 2.05) is 54.6 Å². The number of anilines is 2. The van der Waals surface area contributed by atoms with E-state index in [1.165, 1.54) is 11.8 Å². The average Bonchev–Trinajstić information content (AvgIpc) is 3.04. The van der Waals surface area contributed by atoms with Gasteiger partial charge in [0.15, 0.2) is 0 Å². The third kappa shape index (κ3) is 6.42. The molecule has 214 valence electrons. The third-order valence-electron chi connectivity index (χ3n) is 7.69. The van der Waals surface area contributed by atoms with Crippen molar-refractivity contribution >= 4 is 39.8 Å². The number of benzene rings is 4. The van der Waals surface area contributed by atoms with Gasteiger partial charge in [0.25, 0.3) is 17.5 Å². The molecule has 0 atom stereocenters. The Morgan fingerprint density at radius 2 is 1.65 bits per heavy atom. The Morgan fingerprint density at radius 3 is 2.49 bits per heavy atom. The number of pyridine rings is 1. The second-order valence-electron chi connectivity index (χ2n) is 10.6. The molecule has 43 heavy (non-hydrogen) atoms. The summed E-state index contributed by atoms with van der Waals surface area (Å²) in [5.74, 6) is -0.681. The molecule has 2 N–H and O–H groups in total. The predicted molar refractivity (Wildman–Crippen MR) is 166 cm³/mol. The molecule has 0 spiro atoms. The molecule has 0 aliphatic carbocycles. The average molecular weight is 572 g/mol. The van der Waals surface area contributed by atoms with Crippen molar-refractivity contribution < 1.29 is 14.5 Å². The van der Waals surface area contributed by atoms with Gasteiger partial charge in [-0.1, -0.05) is 48.5 Å². The van der Waals surface area contributed by atoms with E-state index < -0.39 is 0 Å². The Kier molecular flexibility index (Phi) is 7.88. The number of carbonyl (C=O) groups is 2. The number of nitrogens with zero attached hydrogens (tertiary/aromatic N) is 3. The molecular formula is C34H29N5O4. The number of carbonyl (C=O) groups excluding carboxylic acids is 2. The van der Waals surface area contributed by atoms with Crippen LogP contribution >= 0.6 is 0 Å². The summed E-state index contributed by atoms with van der Waals surface area (Å²) in [7, 11) is 0. The van der Waals surface area contributed by atoms with Crippen LogP contribution in [0.5, 0.6) is 0 Å². The summed E-state index contributed by atoms with van der Waals surface area (Å²) < 4.78 is 0. The first-order chi connectivity index (χ1) is 20.9. The maximum absolute atomic E-state index is 13.2. The topological polar surface area (TPSA) is 117 Å². The summed E-state index contributed by atoms with van der Waals surface area (Å²) in [5.41, 5.74) is 6.05. The number of hydrogen-bond acceptors (Lipinski definition) is 6. The number of aromatic nitrogens is 1. The molecule has 6 rings (SSSR count). The number of hydrogen-bond donors (Lipinski definition) is 2. The van der Waals surface area contributed by atoms with Crippen molar-refractivity contribution in [1.82, 2.24) is 9.88 Å². The van der Waals surface area contributed by atoms with Crippen molar-refractivity contribution in [2.24, 2.45) is 0 Å². The zero-order chi connectivity index (χ0) is 29.8. The molecule has 1 aliphatic rings. The summed E-state index contributed by atoms with van der Waals surface area (Å²) in [4.78, 5) is 43.6. The third-order valence-corrected chi connectivity index (χ3v) is 7.69. The van der Waals surface area contributed by atoms with Crippen LogP contribution in [0.15, 0.2) is 103 Å². The standard InChI is InChI=1S/C34H29N5O4/c40-33(26-19-25-5-1-3-7-31(25)35-21-26)37-32-8-4-2-6-30(32)34(41)36-28-12-9-23(10-13-28)15-17-38-18-16-24-11-14-29(39(42)43)20-27(24)22-38/h1-14,19-21H,15-18,22H2,(H,36,41)(H,37,40). The van der Waals surface area contributed by atoms with Gasteiger partial charge in [-0.2, -0.15) is 0 Å². The highest BCUT2D eigenvalue weighted by Gasteiger charge is 2.19. The van der Waals surface area contributed by atoms with E-state index in [-0.39, 0.29) is 22.4 Å². The number of fused-ring (bicyclic) bond motifs is 2. The van der Waals surface area contributed by atoms with Crippen molar-refractivity contribution in [3.05, 3.63) is 141 Å². The highest BCUT2D eigenvalue weighted by Crippen LogP contribution is 2.24. The summed E-state index contributed by atoms with van der Waals surface area (Å²) >= 11 is 0. The van der Waals surface area contributed by atoms with Crippen LogP contribution < -0.4 is 10.6 Å².